The van der Waals surface area contributed by atoms with Gasteiger partial charge in [0, 0.05) is 0 Å². The smallest absolute Gasteiger partial charge is 0.652 e. The summed E-state index contributed by atoms with van der Waals surface area (Å²) in [5, 5.41) is 16.7. The molecule has 0 saturated carbocycles. The van der Waals surface area contributed by atoms with E-state index in [-0.39, 0.29) is 68.9 Å². The minimum atomic E-state index is -2.33. The van der Waals surface area contributed by atoms with E-state index in [4.69, 9.17) is 15.0 Å². The Bertz CT molecular complexity index is 37.0. The average Bonchev–Trinajstić information content (AvgIpc) is 0.811. The van der Waals surface area contributed by atoms with E-state index in [1.165, 1.54) is 0 Å². The van der Waals surface area contributed by atoms with Crippen LogP contribution in [0.5, 0.6) is 0 Å². The molecular formula is CH2AlMg2O4+5. The molecule has 0 aromatic heterocycles. The third-order valence-corrected chi connectivity index (χ3v) is 0. The summed E-state index contributed by atoms with van der Waals surface area (Å²) in [7, 11) is 0. The molecule has 0 amide bonds. The predicted octanol–water partition coefficient (Wildman–Crippen LogP) is -4.41. The van der Waals surface area contributed by atoms with Gasteiger partial charge in [0.1, 0.15) is 0 Å². The molecular weight excluding hydrogens is 152 g/mol. The van der Waals surface area contributed by atoms with Crippen LogP contribution in [0, 0.1) is 0 Å². The molecule has 0 aromatic carbocycles. The van der Waals surface area contributed by atoms with Crippen molar-refractivity contribution in [1.29, 1.82) is 0 Å². The van der Waals surface area contributed by atoms with E-state index in [9.17, 15) is 0 Å². The van der Waals surface area contributed by atoms with Crippen molar-refractivity contribution in [2.45, 2.75) is 0 Å². The monoisotopic (exact) mass is 153 g/mol. The molecule has 0 spiro atoms. The molecule has 4 nitrogen and oxygen atoms in total. The van der Waals surface area contributed by atoms with E-state index < -0.39 is 6.16 Å². The van der Waals surface area contributed by atoms with Crippen LogP contribution in [0.25, 0.3) is 0 Å². The number of rotatable bonds is 0. The maximum atomic E-state index is 8.33. The largest absolute Gasteiger partial charge is 3.00 e. The Hall–Kier alpha value is 1.29. The number of hydrogen-bond acceptors (Lipinski definition) is 3. The van der Waals surface area contributed by atoms with Crippen LogP contribution in [-0.4, -0.2) is 75.1 Å². The van der Waals surface area contributed by atoms with Crippen molar-refractivity contribution in [3.05, 3.63) is 0 Å². The molecule has 0 aliphatic heterocycles. The SMILES string of the molecule is O.O=C([O-])[O-].[Al+3].[Mg+2].[Mg+2]. The van der Waals surface area contributed by atoms with Gasteiger partial charge in [0.25, 0.3) is 0 Å². The van der Waals surface area contributed by atoms with Crippen molar-refractivity contribution in [1.82, 2.24) is 0 Å². The fourth-order valence-corrected chi connectivity index (χ4v) is 0. The Labute approximate surface area is 89.4 Å². The topological polar surface area (TPSA) is 94.7 Å². The summed E-state index contributed by atoms with van der Waals surface area (Å²) >= 11 is 0. The second kappa shape index (κ2) is 23.9. The molecule has 0 heterocycles. The van der Waals surface area contributed by atoms with Crippen molar-refractivity contribution in [3.8, 4) is 0 Å². The Morgan fingerprint density at radius 3 is 1.12 bits per heavy atom. The molecule has 0 unspecified atom stereocenters. The summed E-state index contributed by atoms with van der Waals surface area (Å²) in [6.45, 7) is 0. The number of carbonyl (C=O) groups excluding carboxylic acids is 1. The molecule has 0 bridgehead atoms. The maximum Gasteiger partial charge on any atom is 3.00 e. The molecule has 0 rings (SSSR count). The third kappa shape index (κ3) is 172. The van der Waals surface area contributed by atoms with Crippen molar-refractivity contribution in [2.75, 3.05) is 0 Å². The van der Waals surface area contributed by atoms with Crippen LogP contribution in [0.2, 0.25) is 0 Å². The van der Waals surface area contributed by atoms with Crippen LogP contribution in [-0.2, 0) is 0 Å². The zero-order chi connectivity index (χ0) is 3.58. The molecule has 0 atom stereocenters. The standard InChI is InChI=1S/CH2O3.Al.2Mg.H2O/c2-1(3)4;;;;/h(H2,2,3,4);;;;1H2/q;+3;2*+2;/p-2. The molecule has 0 radical (unpaired) electrons. The van der Waals surface area contributed by atoms with Gasteiger partial charge in [-0.2, -0.15) is 0 Å². The van der Waals surface area contributed by atoms with E-state index in [1.54, 1.807) is 0 Å². The molecule has 2 N–H and O–H groups in total. The van der Waals surface area contributed by atoms with Crippen LogP contribution in [0.1, 0.15) is 0 Å². The van der Waals surface area contributed by atoms with Gasteiger partial charge in [-0.25, -0.2) is 0 Å². The summed E-state index contributed by atoms with van der Waals surface area (Å²) in [5.41, 5.74) is 0. The van der Waals surface area contributed by atoms with Gasteiger partial charge in [-0.1, -0.05) is 0 Å². The van der Waals surface area contributed by atoms with Crippen molar-refractivity contribution in [2.24, 2.45) is 0 Å². The molecule has 8 heavy (non-hydrogen) atoms. The van der Waals surface area contributed by atoms with Gasteiger partial charge >= 0.3 is 63.5 Å². The van der Waals surface area contributed by atoms with Gasteiger partial charge in [0.05, 0.1) is 0 Å². The summed E-state index contributed by atoms with van der Waals surface area (Å²) in [4.78, 5) is 8.33. The minimum Gasteiger partial charge on any atom is -0.652 e. The number of carboxylic acid groups (broad SMARTS) is 2. The van der Waals surface area contributed by atoms with Crippen LogP contribution in [0.3, 0.4) is 0 Å². The van der Waals surface area contributed by atoms with Gasteiger partial charge in [-0.3, -0.25) is 0 Å². The van der Waals surface area contributed by atoms with Crippen LogP contribution >= 0.6 is 0 Å². The van der Waals surface area contributed by atoms with Crippen LogP contribution in [0.15, 0.2) is 0 Å². The number of hydrogen-bond donors (Lipinski definition) is 0. The summed E-state index contributed by atoms with van der Waals surface area (Å²) in [6, 6.07) is 0. The van der Waals surface area contributed by atoms with Gasteiger partial charge < -0.3 is 20.5 Å². The van der Waals surface area contributed by atoms with E-state index in [1.807, 2.05) is 0 Å². The molecule has 0 saturated heterocycles. The molecule has 0 fully saturated rings. The quantitative estimate of drug-likeness (QED) is 0.329. The summed E-state index contributed by atoms with van der Waals surface area (Å²) in [6.07, 6.45) is -2.33. The normalized spacial score (nSPS) is 3.00. The van der Waals surface area contributed by atoms with E-state index in [0.29, 0.717) is 0 Å². The first-order chi connectivity index (χ1) is 1.73. The fourth-order valence-electron chi connectivity index (χ4n) is 0. The Morgan fingerprint density at radius 1 is 1.12 bits per heavy atom. The predicted molar refractivity (Wildman–Crippen MR) is 26.3 cm³/mol. The second-order valence-electron chi connectivity index (χ2n) is 0.250. The Balaban J connectivity index is -0.00000000750. The molecule has 0 aliphatic rings. The Kier molecular flexibility index (Phi) is 104. The first kappa shape index (κ1) is 34.7. The van der Waals surface area contributed by atoms with Crippen molar-refractivity contribution < 1.29 is 20.5 Å². The molecule has 0 aromatic rings. The summed E-state index contributed by atoms with van der Waals surface area (Å²) in [5.74, 6) is 0. The first-order valence-electron chi connectivity index (χ1n) is 0.612. The molecule has 0 aliphatic carbocycles. The number of carbonyl (C=O) groups is 1. The van der Waals surface area contributed by atoms with Crippen molar-refractivity contribution >= 4 is 69.6 Å². The van der Waals surface area contributed by atoms with Crippen molar-refractivity contribution in [3.63, 3.8) is 0 Å². The first-order valence-corrected chi connectivity index (χ1v) is 0.612. The van der Waals surface area contributed by atoms with E-state index in [2.05, 4.69) is 0 Å². The van der Waals surface area contributed by atoms with Crippen LogP contribution < -0.4 is 10.2 Å². The molecule has 7 heteroatoms. The Morgan fingerprint density at radius 2 is 1.12 bits per heavy atom. The minimum absolute atomic E-state index is 0. The van der Waals surface area contributed by atoms with Gasteiger partial charge in [-0.15, -0.1) is 0 Å². The van der Waals surface area contributed by atoms with E-state index >= 15 is 0 Å². The zero-order valence-corrected chi connectivity index (χ0v) is 8.20. The fraction of sp³-hybridized carbons (Fsp3) is 0. The third-order valence-electron chi connectivity index (χ3n) is 0. The maximum absolute atomic E-state index is 8.33. The second-order valence-corrected chi connectivity index (χ2v) is 0.250. The van der Waals surface area contributed by atoms with Crippen LogP contribution in [0.4, 0.5) is 4.79 Å². The van der Waals surface area contributed by atoms with Gasteiger partial charge in [0.15, 0.2) is 0 Å². The van der Waals surface area contributed by atoms with E-state index in [0.717, 1.165) is 0 Å². The van der Waals surface area contributed by atoms with Gasteiger partial charge in [0.2, 0.25) is 0 Å². The average molecular weight is 154 g/mol. The zero-order valence-electron chi connectivity index (χ0n) is 4.22. The summed E-state index contributed by atoms with van der Waals surface area (Å²) < 4.78 is 0. The molecule has 32 valence electrons. The van der Waals surface area contributed by atoms with Gasteiger partial charge in [-0.05, 0) is 6.16 Å².